The Morgan fingerprint density at radius 2 is 2.08 bits per heavy atom. The van der Waals surface area contributed by atoms with E-state index in [4.69, 9.17) is 4.74 Å². The van der Waals surface area contributed by atoms with Gasteiger partial charge in [-0.1, -0.05) is 24.3 Å². The third-order valence-corrected chi connectivity index (χ3v) is 1.84. The van der Waals surface area contributed by atoms with E-state index in [2.05, 4.69) is 6.92 Å². The second kappa shape index (κ2) is 3.96. The summed E-state index contributed by atoms with van der Waals surface area (Å²) in [6.45, 7) is 5.74. The van der Waals surface area contributed by atoms with E-state index in [9.17, 15) is 0 Å². The fraction of sp³-hybridized carbons (Fsp3) is 0.182. The van der Waals surface area contributed by atoms with Crippen LogP contribution in [-0.4, -0.2) is 7.11 Å². The van der Waals surface area contributed by atoms with Crippen LogP contribution in [0.15, 0.2) is 30.3 Å². The van der Waals surface area contributed by atoms with E-state index in [-0.39, 0.29) is 0 Å². The summed E-state index contributed by atoms with van der Waals surface area (Å²) in [6, 6.07) is 7.92. The van der Waals surface area contributed by atoms with Gasteiger partial charge in [0.05, 0.1) is 7.11 Å². The molecule has 0 saturated heterocycles. The van der Waals surface area contributed by atoms with E-state index in [1.165, 1.54) is 0 Å². The van der Waals surface area contributed by atoms with Crippen molar-refractivity contribution in [2.24, 2.45) is 0 Å². The first-order chi connectivity index (χ1) is 5.79. The maximum absolute atomic E-state index is 5.20. The highest BCUT2D eigenvalue weighted by molar-refractivity contribution is 5.69. The summed E-state index contributed by atoms with van der Waals surface area (Å²) in [7, 11) is 1.68. The van der Waals surface area contributed by atoms with Gasteiger partial charge < -0.3 is 4.74 Å². The van der Waals surface area contributed by atoms with Crippen molar-refractivity contribution in [3.8, 4) is 5.75 Å². The number of benzene rings is 1. The molecule has 12 heavy (non-hydrogen) atoms. The van der Waals surface area contributed by atoms with Crippen LogP contribution in [-0.2, 0) is 0 Å². The molecule has 63 valence electrons. The second-order valence-electron chi connectivity index (χ2n) is 2.59. The minimum Gasteiger partial charge on any atom is -0.496 e. The molecule has 0 fully saturated rings. The fourth-order valence-electron chi connectivity index (χ4n) is 1.08. The first-order valence-corrected chi connectivity index (χ1v) is 3.89. The van der Waals surface area contributed by atoms with E-state index < -0.39 is 0 Å². The SMILES string of the molecule is [CH2]/C=C(/C)c1ccccc1OC. The molecule has 1 rings (SSSR count). The molecule has 0 heterocycles. The van der Waals surface area contributed by atoms with Gasteiger partial charge in [0, 0.05) is 5.56 Å². The van der Waals surface area contributed by atoms with E-state index in [1.807, 2.05) is 37.3 Å². The third kappa shape index (κ3) is 1.67. The number of hydrogen-bond donors (Lipinski definition) is 0. The Hall–Kier alpha value is -1.24. The topological polar surface area (TPSA) is 9.23 Å². The van der Waals surface area contributed by atoms with Crippen molar-refractivity contribution >= 4 is 5.57 Å². The van der Waals surface area contributed by atoms with Crippen LogP contribution in [0.1, 0.15) is 12.5 Å². The zero-order valence-corrected chi connectivity index (χ0v) is 7.50. The molecule has 1 nitrogen and oxygen atoms in total. The quantitative estimate of drug-likeness (QED) is 0.648. The number of hydrogen-bond acceptors (Lipinski definition) is 1. The molecule has 0 bridgehead atoms. The summed E-state index contributed by atoms with van der Waals surface area (Å²) in [5, 5.41) is 0. The Bertz CT molecular complexity index is 287. The molecule has 0 amide bonds. The van der Waals surface area contributed by atoms with Gasteiger partial charge in [0.25, 0.3) is 0 Å². The first-order valence-electron chi connectivity index (χ1n) is 3.89. The van der Waals surface area contributed by atoms with E-state index in [0.717, 1.165) is 16.9 Å². The molecule has 1 radical (unpaired) electrons. The van der Waals surface area contributed by atoms with Crippen molar-refractivity contribution in [1.82, 2.24) is 0 Å². The lowest BCUT2D eigenvalue weighted by Gasteiger charge is -2.07. The summed E-state index contributed by atoms with van der Waals surface area (Å²) < 4.78 is 5.20. The molecule has 0 aliphatic heterocycles. The van der Waals surface area contributed by atoms with Gasteiger partial charge in [-0.3, -0.25) is 0 Å². The minimum atomic E-state index is 0.898. The van der Waals surface area contributed by atoms with E-state index >= 15 is 0 Å². The molecule has 0 atom stereocenters. The molecule has 0 spiro atoms. The van der Waals surface area contributed by atoms with Crippen molar-refractivity contribution < 1.29 is 4.74 Å². The lowest BCUT2D eigenvalue weighted by Crippen LogP contribution is -1.88. The van der Waals surface area contributed by atoms with Gasteiger partial charge in [-0.15, -0.1) is 0 Å². The molecule has 0 aliphatic rings. The molecule has 0 saturated carbocycles. The monoisotopic (exact) mass is 161 g/mol. The molecular weight excluding hydrogens is 148 g/mol. The standard InChI is InChI=1S/C11H13O/c1-4-9(2)10-7-5-6-8-11(10)12-3/h4-8H,1H2,2-3H3/b9-4-. The Morgan fingerprint density at radius 3 is 2.67 bits per heavy atom. The summed E-state index contributed by atoms with van der Waals surface area (Å²) in [5.41, 5.74) is 2.24. The molecule has 0 unspecified atom stereocenters. The number of ether oxygens (including phenoxy) is 1. The highest BCUT2D eigenvalue weighted by Gasteiger charge is 2.00. The van der Waals surface area contributed by atoms with Crippen LogP contribution in [0, 0.1) is 6.92 Å². The van der Waals surface area contributed by atoms with Crippen LogP contribution in [0.3, 0.4) is 0 Å². The van der Waals surface area contributed by atoms with Crippen LogP contribution in [0.5, 0.6) is 5.75 Å². The van der Waals surface area contributed by atoms with Crippen molar-refractivity contribution in [2.75, 3.05) is 7.11 Å². The first kappa shape index (κ1) is 8.85. The van der Waals surface area contributed by atoms with Gasteiger partial charge in [-0.25, -0.2) is 0 Å². The highest BCUT2D eigenvalue weighted by atomic mass is 16.5. The predicted molar refractivity (Wildman–Crippen MR) is 52.0 cm³/mol. The Labute approximate surface area is 73.7 Å². The van der Waals surface area contributed by atoms with E-state index in [0.29, 0.717) is 0 Å². The lowest BCUT2D eigenvalue weighted by atomic mass is 10.1. The smallest absolute Gasteiger partial charge is 0.126 e. The second-order valence-corrected chi connectivity index (χ2v) is 2.59. The van der Waals surface area contributed by atoms with Gasteiger partial charge >= 0.3 is 0 Å². The van der Waals surface area contributed by atoms with Crippen LogP contribution in [0.25, 0.3) is 5.57 Å². The summed E-state index contributed by atoms with van der Waals surface area (Å²) in [6.07, 6.45) is 1.83. The highest BCUT2D eigenvalue weighted by Crippen LogP contribution is 2.24. The Balaban J connectivity index is 3.13. The molecule has 0 aromatic heterocycles. The van der Waals surface area contributed by atoms with Crippen LogP contribution in [0.4, 0.5) is 0 Å². The van der Waals surface area contributed by atoms with Crippen LogP contribution in [0.2, 0.25) is 0 Å². The third-order valence-electron chi connectivity index (χ3n) is 1.84. The summed E-state index contributed by atoms with van der Waals surface area (Å²) >= 11 is 0. The number of para-hydroxylation sites is 1. The zero-order valence-electron chi connectivity index (χ0n) is 7.50. The molecule has 0 aliphatic carbocycles. The molecule has 1 heteroatoms. The molecule has 1 aromatic rings. The minimum absolute atomic E-state index is 0.898. The number of methoxy groups -OCH3 is 1. The van der Waals surface area contributed by atoms with Gasteiger partial charge in [0.2, 0.25) is 0 Å². The van der Waals surface area contributed by atoms with Crippen molar-refractivity contribution in [3.63, 3.8) is 0 Å². The van der Waals surface area contributed by atoms with Crippen molar-refractivity contribution in [3.05, 3.63) is 42.8 Å². The maximum Gasteiger partial charge on any atom is 0.126 e. The number of rotatable bonds is 2. The molecular formula is C11H13O. The predicted octanol–water partition coefficient (Wildman–Crippen LogP) is 2.93. The molecule has 1 aromatic carbocycles. The lowest BCUT2D eigenvalue weighted by molar-refractivity contribution is 0.413. The summed E-state index contributed by atoms with van der Waals surface area (Å²) in [4.78, 5) is 0. The normalized spacial score (nSPS) is 11.4. The van der Waals surface area contributed by atoms with Gasteiger partial charge in [-0.05, 0) is 25.5 Å². The van der Waals surface area contributed by atoms with Gasteiger partial charge in [0.15, 0.2) is 0 Å². The Morgan fingerprint density at radius 1 is 1.42 bits per heavy atom. The van der Waals surface area contributed by atoms with Crippen molar-refractivity contribution in [1.29, 1.82) is 0 Å². The zero-order chi connectivity index (χ0) is 8.97. The van der Waals surface area contributed by atoms with Gasteiger partial charge in [0.1, 0.15) is 5.75 Å². The van der Waals surface area contributed by atoms with Crippen LogP contribution < -0.4 is 4.74 Å². The van der Waals surface area contributed by atoms with E-state index in [1.54, 1.807) is 7.11 Å². The number of allylic oxidation sites excluding steroid dienone is 2. The fourth-order valence-corrected chi connectivity index (χ4v) is 1.08. The Kier molecular flexibility index (Phi) is 2.92. The summed E-state index contributed by atoms with van der Waals surface area (Å²) in [5.74, 6) is 0.898. The van der Waals surface area contributed by atoms with Gasteiger partial charge in [-0.2, -0.15) is 0 Å². The molecule has 0 N–H and O–H groups in total. The van der Waals surface area contributed by atoms with Crippen LogP contribution >= 0.6 is 0 Å². The van der Waals surface area contributed by atoms with Crippen molar-refractivity contribution in [2.45, 2.75) is 6.92 Å². The maximum atomic E-state index is 5.20. The largest absolute Gasteiger partial charge is 0.496 e. The average Bonchev–Trinajstić information content (AvgIpc) is 2.16. The average molecular weight is 161 g/mol.